The number of carbonyl (C=O) groups is 3. The highest BCUT2D eigenvalue weighted by Gasteiger charge is 2.38. The van der Waals surface area contributed by atoms with Crippen molar-refractivity contribution in [1.29, 1.82) is 0 Å². The standard InChI is InChI=1S/C24H36FN3O8S2/c1-14(2)10-18(28-23(32)36-13-24(3,4)37-17-7-5-6-16(25)12-17)21(30)27-19(22(31)38(33,34)35)11-15-8-9-26-20(15)29/h5-7,12,14-15,18-19,22,31H,8-11,13H2,1-4H3,(H,26,29)(H,27,30)(H,28,32)(H,33,34,35)/t15-,18-,19-,22?/m0/s1. The summed E-state index contributed by atoms with van der Waals surface area (Å²) in [5, 5.41) is 17.6. The largest absolute Gasteiger partial charge is 0.448 e. The lowest BCUT2D eigenvalue weighted by Crippen LogP contribution is -2.55. The van der Waals surface area contributed by atoms with E-state index in [1.807, 2.05) is 0 Å². The maximum absolute atomic E-state index is 13.5. The Hall–Kier alpha value is -2.42. The topological polar surface area (TPSA) is 171 Å². The van der Waals surface area contributed by atoms with E-state index in [-0.39, 0.29) is 31.3 Å². The van der Waals surface area contributed by atoms with E-state index in [1.165, 1.54) is 23.9 Å². The second-order valence-corrected chi connectivity index (χ2v) is 13.5. The minimum atomic E-state index is -4.96. The van der Waals surface area contributed by atoms with Crippen molar-refractivity contribution in [3.05, 3.63) is 30.1 Å². The van der Waals surface area contributed by atoms with Gasteiger partial charge >= 0.3 is 6.09 Å². The summed E-state index contributed by atoms with van der Waals surface area (Å²) < 4.78 is 50.7. The van der Waals surface area contributed by atoms with Crippen LogP contribution in [-0.4, -0.2) is 71.4 Å². The SMILES string of the molecule is CC(C)C[C@H](NC(=O)OCC(C)(C)Sc1cccc(F)c1)C(=O)N[C@@H](C[C@@H]1CCNC1=O)C(O)S(=O)(=O)O. The van der Waals surface area contributed by atoms with Gasteiger partial charge in [-0.05, 0) is 57.2 Å². The number of rotatable bonds is 13. The number of nitrogens with one attached hydrogen (secondary N) is 3. The van der Waals surface area contributed by atoms with Crippen LogP contribution in [-0.2, 0) is 24.4 Å². The van der Waals surface area contributed by atoms with Gasteiger partial charge in [0.2, 0.25) is 17.3 Å². The van der Waals surface area contributed by atoms with Crippen LogP contribution in [0.2, 0.25) is 0 Å². The molecule has 1 aliphatic rings. The molecule has 1 aromatic rings. The Balaban J connectivity index is 2.06. The summed E-state index contributed by atoms with van der Waals surface area (Å²) >= 11 is 1.30. The Morgan fingerprint density at radius 1 is 1.29 bits per heavy atom. The van der Waals surface area contributed by atoms with Crippen molar-refractivity contribution in [3.8, 4) is 0 Å². The van der Waals surface area contributed by atoms with Gasteiger partial charge in [0.25, 0.3) is 10.1 Å². The van der Waals surface area contributed by atoms with Crippen LogP contribution in [0.1, 0.15) is 47.0 Å². The van der Waals surface area contributed by atoms with E-state index < -0.39 is 56.1 Å². The molecule has 2 rings (SSSR count). The highest BCUT2D eigenvalue weighted by Crippen LogP contribution is 2.33. The molecule has 0 saturated carbocycles. The fourth-order valence-corrected chi connectivity index (χ4v) is 5.59. The quantitative estimate of drug-likeness (QED) is 0.174. The molecule has 0 aliphatic carbocycles. The molecular formula is C24H36FN3O8S2. The summed E-state index contributed by atoms with van der Waals surface area (Å²) in [7, 11) is -4.96. The number of ether oxygens (including phenoxy) is 1. The molecule has 1 aliphatic heterocycles. The second-order valence-electron chi connectivity index (χ2n) is 10.3. The molecule has 214 valence electrons. The monoisotopic (exact) mass is 577 g/mol. The predicted molar refractivity (Wildman–Crippen MR) is 139 cm³/mol. The zero-order chi connectivity index (χ0) is 28.7. The molecule has 1 saturated heterocycles. The van der Waals surface area contributed by atoms with Gasteiger partial charge in [0.05, 0.1) is 6.04 Å². The summed E-state index contributed by atoms with van der Waals surface area (Å²) in [4.78, 5) is 38.3. The second kappa shape index (κ2) is 13.6. The molecule has 11 nitrogen and oxygen atoms in total. The fraction of sp³-hybridized carbons (Fsp3) is 0.625. The lowest BCUT2D eigenvalue weighted by atomic mass is 9.97. The Labute approximate surface area is 226 Å². The summed E-state index contributed by atoms with van der Waals surface area (Å²) in [5.41, 5.74) is -2.37. The van der Waals surface area contributed by atoms with Gasteiger partial charge < -0.3 is 25.8 Å². The van der Waals surface area contributed by atoms with Crippen LogP contribution in [0.5, 0.6) is 0 Å². The number of carbonyl (C=O) groups excluding carboxylic acids is 3. The van der Waals surface area contributed by atoms with Gasteiger partial charge in [-0.25, -0.2) is 9.18 Å². The Morgan fingerprint density at radius 3 is 2.53 bits per heavy atom. The van der Waals surface area contributed by atoms with Crippen molar-refractivity contribution in [2.45, 2.75) is 74.1 Å². The molecule has 0 spiro atoms. The van der Waals surface area contributed by atoms with E-state index in [1.54, 1.807) is 39.8 Å². The summed E-state index contributed by atoms with van der Waals surface area (Å²) in [6.07, 6.45) is -0.614. The molecule has 4 atom stereocenters. The first-order valence-corrected chi connectivity index (χ1v) is 14.5. The smallest absolute Gasteiger partial charge is 0.407 e. The van der Waals surface area contributed by atoms with Crippen LogP contribution >= 0.6 is 11.8 Å². The number of halogens is 1. The number of hydrogen-bond acceptors (Lipinski definition) is 8. The minimum Gasteiger partial charge on any atom is -0.448 e. The van der Waals surface area contributed by atoms with Crippen LogP contribution in [0, 0.1) is 17.7 Å². The van der Waals surface area contributed by atoms with Crippen molar-refractivity contribution in [2.24, 2.45) is 11.8 Å². The zero-order valence-corrected chi connectivity index (χ0v) is 23.4. The van der Waals surface area contributed by atoms with Crippen LogP contribution in [0.15, 0.2) is 29.2 Å². The summed E-state index contributed by atoms with van der Waals surface area (Å²) in [6, 6.07) is 3.33. The molecule has 38 heavy (non-hydrogen) atoms. The molecule has 1 unspecified atom stereocenters. The first-order valence-electron chi connectivity index (χ1n) is 12.2. The van der Waals surface area contributed by atoms with E-state index in [0.717, 1.165) is 0 Å². The molecule has 0 aromatic heterocycles. The lowest BCUT2D eigenvalue weighted by molar-refractivity contribution is -0.126. The van der Waals surface area contributed by atoms with E-state index in [4.69, 9.17) is 4.74 Å². The number of hydrogen-bond donors (Lipinski definition) is 5. The third-order valence-corrected chi connectivity index (χ3v) is 7.83. The van der Waals surface area contributed by atoms with Crippen molar-refractivity contribution >= 4 is 39.8 Å². The number of thioether (sulfide) groups is 1. The highest BCUT2D eigenvalue weighted by molar-refractivity contribution is 8.00. The Morgan fingerprint density at radius 2 is 1.97 bits per heavy atom. The molecule has 1 fully saturated rings. The lowest BCUT2D eigenvalue weighted by Gasteiger charge is -2.28. The number of alkyl carbamates (subject to hydrolysis) is 1. The molecule has 5 N–H and O–H groups in total. The van der Waals surface area contributed by atoms with Gasteiger partial charge in [0, 0.05) is 22.1 Å². The number of benzene rings is 1. The first kappa shape index (κ1) is 31.8. The van der Waals surface area contributed by atoms with Crippen molar-refractivity contribution in [2.75, 3.05) is 13.2 Å². The average Bonchev–Trinajstić information content (AvgIpc) is 3.19. The third kappa shape index (κ3) is 10.4. The maximum Gasteiger partial charge on any atom is 0.407 e. The molecule has 3 amide bonds. The molecule has 0 radical (unpaired) electrons. The van der Waals surface area contributed by atoms with E-state index >= 15 is 0 Å². The number of amides is 3. The summed E-state index contributed by atoms with van der Waals surface area (Å²) in [6.45, 7) is 7.50. The zero-order valence-electron chi connectivity index (χ0n) is 21.8. The molecule has 1 heterocycles. The maximum atomic E-state index is 13.5. The van der Waals surface area contributed by atoms with Crippen LogP contribution < -0.4 is 16.0 Å². The van der Waals surface area contributed by atoms with Crippen molar-refractivity contribution < 1.29 is 41.6 Å². The van der Waals surface area contributed by atoms with Gasteiger partial charge in [-0.15, -0.1) is 11.8 Å². The predicted octanol–water partition coefficient (Wildman–Crippen LogP) is 2.05. The van der Waals surface area contributed by atoms with Crippen LogP contribution in [0.25, 0.3) is 0 Å². The minimum absolute atomic E-state index is 0.0725. The van der Waals surface area contributed by atoms with Crippen LogP contribution in [0.4, 0.5) is 9.18 Å². The van der Waals surface area contributed by atoms with Gasteiger partial charge in [-0.2, -0.15) is 8.42 Å². The Bertz CT molecular complexity index is 1100. The number of aliphatic hydroxyl groups excluding tert-OH is 1. The van der Waals surface area contributed by atoms with Gasteiger partial charge in [0.15, 0.2) is 0 Å². The van der Waals surface area contributed by atoms with Crippen molar-refractivity contribution in [3.63, 3.8) is 0 Å². The molecule has 14 heteroatoms. The fourth-order valence-electron chi connectivity index (χ4n) is 3.92. The van der Waals surface area contributed by atoms with Gasteiger partial charge in [-0.1, -0.05) is 19.9 Å². The Kier molecular flexibility index (Phi) is 11.4. The van der Waals surface area contributed by atoms with E-state index in [9.17, 15) is 36.9 Å². The summed E-state index contributed by atoms with van der Waals surface area (Å²) in [5.74, 6) is -2.30. The van der Waals surface area contributed by atoms with Gasteiger partial charge in [0.1, 0.15) is 18.5 Å². The van der Waals surface area contributed by atoms with E-state index in [0.29, 0.717) is 17.9 Å². The molecule has 0 bridgehead atoms. The first-order chi connectivity index (χ1) is 17.6. The highest BCUT2D eigenvalue weighted by atomic mass is 32.2. The third-order valence-electron chi connectivity index (χ3n) is 5.74. The van der Waals surface area contributed by atoms with E-state index in [2.05, 4.69) is 16.0 Å². The number of aliphatic hydroxyl groups is 1. The van der Waals surface area contributed by atoms with Gasteiger partial charge in [-0.3, -0.25) is 14.1 Å². The van der Waals surface area contributed by atoms with Crippen LogP contribution in [0.3, 0.4) is 0 Å². The van der Waals surface area contributed by atoms with Crippen molar-refractivity contribution in [1.82, 2.24) is 16.0 Å². The molecule has 1 aromatic carbocycles. The normalized spacial score (nSPS) is 18.4. The average molecular weight is 578 g/mol. The molecular weight excluding hydrogens is 541 g/mol.